The van der Waals surface area contributed by atoms with E-state index < -0.39 is 30.1 Å². The lowest BCUT2D eigenvalue weighted by molar-refractivity contribution is -0.112. The monoisotopic (exact) mass is 581 g/mol. The highest BCUT2D eigenvalue weighted by Crippen LogP contribution is 2.33. The lowest BCUT2D eigenvalue weighted by atomic mass is 10.0. The van der Waals surface area contributed by atoms with E-state index in [1.165, 1.54) is 12.2 Å². The van der Waals surface area contributed by atoms with Gasteiger partial charge in [0.15, 0.2) is 12.2 Å². The van der Waals surface area contributed by atoms with E-state index in [9.17, 15) is 19.5 Å². The van der Waals surface area contributed by atoms with Crippen LogP contribution in [-0.4, -0.2) is 42.3 Å². The maximum atomic E-state index is 13.1. The minimum absolute atomic E-state index is 0.0244. The fourth-order valence-electron chi connectivity index (χ4n) is 4.03. The van der Waals surface area contributed by atoms with Crippen molar-refractivity contribution in [2.24, 2.45) is 0 Å². The normalized spacial score (nSPS) is 12.1. The molecule has 10 nitrogen and oxygen atoms in total. The molecular weight excluding hydrogens is 550 g/mol. The molecule has 0 bridgehead atoms. The Morgan fingerprint density at radius 1 is 0.837 bits per heavy atom. The van der Waals surface area contributed by atoms with E-state index in [0.29, 0.717) is 28.4 Å². The summed E-state index contributed by atoms with van der Waals surface area (Å²) in [5, 5.41) is 14.3. The minimum Gasteiger partial charge on any atom is -0.491 e. The van der Waals surface area contributed by atoms with Gasteiger partial charge in [0.05, 0.1) is 18.0 Å². The number of carbonyl (C=O) groups is 3. The van der Waals surface area contributed by atoms with Crippen molar-refractivity contribution in [2.75, 3.05) is 24.3 Å². The number of benzene rings is 4. The SMILES string of the molecule is Nc1ccccc1NC(=O)/C=C/[C@H](Oc1ccccc1)[C@@H](OC(=O)NC(=O)c1ccccc1)c1ccccc1OCCO. The summed E-state index contributed by atoms with van der Waals surface area (Å²) < 4.78 is 17.7. The molecule has 4 aromatic rings. The van der Waals surface area contributed by atoms with Gasteiger partial charge in [-0.3, -0.25) is 14.9 Å². The molecule has 5 N–H and O–H groups in total. The van der Waals surface area contributed by atoms with Crippen molar-refractivity contribution in [1.82, 2.24) is 5.32 Å². The van der Waals surface area contributed by atoms with Crippen LogP contribution in [0.1, 0.15) is 22.0 Å². The molecular formula is C33H31N3O7. The zero-order valence-corrected chi connectivity index (χ0v) is 23.1. The van der Waals surface area contributed by atoms with E-state index in [1.54, 1.807) is 103 Å². The van der Waals surface area contributed by atoms with Crippen LogP contribution in [0.25, 0.3) is 0 Å². The third kappa shape index (κ3) is 8.94. The Kier molecular flexibility index (Phi) is 10.9. The number of amides is 3. The van der Waals surface area contributed by atoms with Crippen LogP contribution in [0.15, 0.2) is 121 Å². The van der Waals surface area contributed by atoms with Crippen LogP contribution in [0.5, 0.6) is 11.5 Å². The second-order valence-electron chi connectivity index (χ2n) is 9.09. The number of rotatable bonds is 12. The summed E-state index contributed by atoms with van der Waals surface area (Å²) in [5.74, 6) is -0.440. The van der Waals surface area contributed by atoms with E-state index in [0.717, 1.165) is 0 Å². The number of para-hydroxylation sites is 4. The highest BCUT2D eigenvalue weighted by Gasteiger charge is 2.31. The van der Waals surface area contributed by atoms with Gasteiger partial charge in [-0.1, -0.05) is 66.7 Å². The number of nitrogens with one attached hydrogen (secondary N) is 2. The first-order valence-electron chi connectivity index (χ1n) is 13.4. The van der Waals surface area contributed by atoms with Crippen molar-refractivity contribution >= 4 is 29.3 Å². The van der Waals surface area contributed by atoms with Gasteiger partial charge >= 0.3 is 6.09 Å². The number of nitrogens with two attached hydrogens (primary N) is 1. The lowest BCUT2D eigenvalue weighted by Crippen LogP contribution is -2.36. The largest absolute Gasteiger partial charge is 0.491 e. The molecule has 0 saturated heterocycles. The Morgan fingerprint density at radius 2 is 1.49 bits per heavy atom. The van der Waals surface area contributed by atoms with Gasteiger partial charge in [-0.2, -0.15) is 0 Å². The highest BCUT2D eigenvalue weighted by molar-refractivity contribution is 6.03. The topological polar surface area (TPSA) is 149 Å². The van der Waals surface area contributed by atoms with E-state index in [4.69, 9.17) is 19.9 Å². The van der Waals surface area contributed by atoms with Crippen molar-refractivity contribution in [1.29, 1.82) is 0 Å². The number of anilines is 2. The zero-order chi connectivity index (χ0) is 30.4. The summed E-state index contributed by atoms with van der Waals surface area (Å²) in [6, 6.07) is 30.5. The predicted octanol–water partition coefficient (Wildman–Crippen LogP) is 4.89. The summed E-state index contributed by atoms with van der Waals surface area (Å²) in [7, 11) is 0. The maximum absolute atomic E-state index is 13.1. The summed E-state index contributed by atoms with van der Waals surface area (Å²) in [5.41, 5.74) is 7.40. The number of hydrogen-bond donors (Lipinski definition) is 4. The molecule has 0 fully saturated rings. The molecule has 4 aromatic carbocycles. The molecule has 0 aliphatic rings. The van der Waals surface area contributed by atoms with Crippen LogP contribution in [0, 0.1) is 0 Å². The van der Waals surface area contributed by atoms with E-state index in [-0.39, 0.29) is 18.8 Å². The molecule has 0 heterocycles. The number of alkyl carbamates (subject to hydrolysis) is 1. The zero-order valence-electron chi connectivity index (χ0n) is 23.1. The van der Waals surface area contributed by atoms with Crippen molar-refractivity contribution in [3.8, 4) is 11.5 Å². The number of imide groups is 1. The fourth-order valence-corrected chi connectivity index (χ4v) is 4.03. The number of ether oxygens (including phenoxy) is 3. The van der Waals surface area contributed by atoms with Crippen LogP contribution in [0.4, 0.5) is 16.2 Å². The van der Waals surface area contributed by atoms with Crippen LogP contribution < -0.4 is 25.8 Å². The number of hydrogen-bond acceptors (Lipinski definition) is 8. The summed E-state index contributed by atoms with van der Waals surface area (Å²) in [4.78, 5) is 38.7. The molecule has 0 radical (unpaired) electrons. The first-order chi connectivity index (χ1) is 20.9. The van der Waals surface area contributed by atoms with E-state index in [1.807, 2.05) is 6.07 Å². The van der Waals surface area contributed by atoms with Gasteiger partial charge in [0, 0.05) is 17.2 Å². The first-order valence-corrected chi connectivity index (χ1v) is 13.4. The molecule has 0 saturated carbocycles. The van der Waals surface area contributed by atoms with E-state index in [2.05, 4.69) is 10.6 Å². The molecule has 0 aromatic heterocycles. The third-order valence-electron chi connectivity index (χ3n) is 6.03. The quantitative estimate of drug-likeness (QED) is 0.137. The highest BCUT2D eigenvalue weighted by atomic mass is 16.6. The molecule has 3 amide bonds. The first kappa shape index (κ1) is 30.4. The molecule has 220 valence electrons. The van der Waals surface area contributed by atoms with Gasteiger partial charge in [-0.15, -0.1) is 0 Å². The van der Waals surface area contributed by atoms with Gasteiger partial charge in [0.25, 0.3) is 5.91 Å². The molecule has 4 rings (SSSR count). The number of aliphatic hydroxyl groups is 1. The van der Waals surface area contributed by atoms with Crippen molar-refractivity contribution in [2.45, 2.75) is 12.2 Å². The van der Waals surface area contributed by atoms with Crippen LogP contribution >= 0.6 is 0 Å². The van der Waals surface area contributed by atoms with E-state index >= 15 is 0 Å². The average molecular weight is 582 g/mol. The molecule has 0 aliphatic heterocycles. The minimum atomic E-state index is -1.22. The van der Waals surface area contributed by atoms with Crippen LogP contribution in [-0.2, 0) is 9.53 Å². The van der Waals surface area contributed by atoms with Gasteiger partial charge < -0.3 is 30.4 Å². The molecule has 0 spiro atoms. The smallest absolute Gasteiger partial charge is 0.414 e. The molecule has 2 atom stereocenters. The summed E-state index contributed by atoms with van der Waals surface area (Å²) in [6.07, 6.45) is -0.684. The lowest BCUT2D eigenvalue weighted by Gasteiger charge is -2.27. The third-order valence-corrected chi connectivity index (χ3v) is 6.03. The maximum Gasteiger partial charge on any atom is 0.414 e. The summed E-state index contributed by atoms with van der Waals surface area (Å²) in [6.45, 7) is -0.276. The summed E-state index contributed by atoms with van der Waals surface area (Å²) >= 11 is 0. The second kappa shape index (κ2) is 15.4. The van der Waals surface area contributed by atoms with Crippen LogP contribution in [0.3, 0.4) is 0 Å². The molecule has 0 aliphatic carbocycles. The predicted molar refractivity (Wildman–Crippen MR) is 162 cm³/mol. The van der Waals surface area contributed by atoms with Crippen molar-refractivity contribution < 1.29 is 33.7 Å². The molecule has 10 heteroatoms. The Bertz CT molecular complexity index is 1540. The van der Waals surface area contributed by atoms with Crippen molar-refractivity contribution in [3.05, 3.63) is 132 Å². The second-order valence-corrected chi connectivity index (χ2v) is 9.09. The fraction of sp³-hybridized carbons (Fsp3) is 0.121. The number of carbonyl (C=O) groups excluding carboxylic acids is 3. The number of nitrogen functional groups attached to an aromatic ring is 1. The Hall–Kier alpha value is -5.61. The van der Waals surface area contributed by atoms with Gasteiger partial charge in [0.2, 0.25) is 5.91 Å². The van der Waals surface area contributed by atoms with Gasteiger partial charge in [0.1, 0.15) is 18.1 Å². The Balaban J connectivity index is 1.68. The average Bonchev–Trinajstić information content (AvgIpc) is 3.03. The molecule has 0 unspecified atom stereocenters. The molecule has 43 heavy (non-hydrogen) atoms. The number of aliphatic hydroxyl groups excluding tert-OH is 1. The van der Waals surface area contributed by atoms with Gasteiger partial charge in [-0.05, 0) is 48.5 Å². The van der Waals surface area contributed by atoms with Gasteiger partial charge in [-0.25, -0.2) is 4.79 Å². The Labute approximate surface area is 248 Å². The van der Waals surface area contributed by atoms with Crippen molar-refractivity contribution in [3.63, 3.8) is 0 Å². The van der Waals surface area contributed by atoms with Crippen LogP contribution in [0.2, 0.25) is 0 Å². The Morgan fingerprint density at radius 3 is 2.21 bits per heavy atom. The standard InChI is InChI=1S/C33H31N3O7/c34-26-16-8-9-17-27(26)35-30(38)20-19-29(42-24-13-5-2-6-14-24)31(25-15-7-10-18-28(25)41-22-21-37)43-33(40)36-32(39)23-11-3-1-4-12-23/h1-20,29,31,37H,21-22,34H2,(H,35,38)(H,36,39,40)/b20-19+/t29-,31-/m0/s1.